The maximum absolute atomic E-state index is 13.1. The first-order valence-corrected chi connectivity index (χ1v) is 14.3. The van der Waals surface area contributed by atoms with Crippen molar-refractivity contribution in [3.63, 3.8) is 0 Å². The van der Waals surface area contributed by atoms with Gasteiger partial charge < -0.3 is 0 Å². The Morgan fingerprint density at radius 3 is 1.97 bits per heavy atom. The zero-order chi connectivity index (χ0) is 28.1. The van der Waals surface area contributed by atoms with E-state index in [-0.39, 0.29) is 0 Å². The van der Waals surface area contributed by atoms with Gasteiger partial charge in [0.05, 0.1) is 0 Å². The molecule has 16 heteroatoms. The Morgan fingerprint density at radius 2 is 1.50 bits per heavy atom. The van der Waals surface area contributed by atoms with Gasteiger partial charge >= 0.3 is 213 Å². The van der Waals surface area contributed by atoms with Crippen LogP contribution in [0.25, 0.3) is 5.53 Å². The van der Waals surface area contributed by atoms with Crippen molar-refractivity contribution in [3.05, 3.63) is 38.9 Å². The zero-order valence-corrected chi connectivity index (χ0v) is 23.0. The van der Waals surface area contributed by atoms with Crippen LogP contribution in [0.5, 0.6) is 0 Å². The van der Waals surface area contributed by atoms with Gasteiger partial charge in [0.1, 0.15) is 0 Å². The number of halogens is 4. The molecule has 0 radical (unpaired) electrons. The van der Waals surface area contributed by atoms with Gasteiger partial charge in [-0.25, -0.2) is 0 Å². The Kier molecular flexibility index (Phi) is 10.2. The predicted octanol–water partition coefficient (Wildman–Crippen LogP) is 3.61. The molecule has 0 amide bonds. The number of esters is 3. The Labute approximate surface area is 212 Å². The normalized spacial score (nSPS) is 12.8. The number of benzene rings is 1. The van der Waals surface area contributed by atoms with E-state index in [4.69, 9.17) is 14.2 Å². The minimum atomic E-state index is -6.32. The van der Waals surface area contributed by atoms with Crippen molar-refractivity contribution in [1.82, 2.24) is 0 Å². The standard InChI is InChI=1S/C20H24F3IN2O9S/c1-18(2,3)33-14(27)11-32-16(28)12-9-7-8-10-13(12)24(35-36(30,31)20(21,22)23)15(26-25)17(29)34-19(4,5)6/h7-10H,11H2,1-6H3. The van der Waals surface area contributed by atoms with Gasteiger partial charge in [-0.2, -0.15) is 0 Å². The van der Waals surface area contributed by atoms with E-state index >= 15 is 0 Å². The molecular weight excluding hydrogens is 628 g/mol. The predicted molar refractivity (Wildman–Crippen MR) is 126 cm³/mol. The summed E-state index contributed by atoms with van der Waals surface area (Å²) in [5.41, 5.74) is 0.877. The molecule has 0 atom stereocenters. The molecular formula is C20H24F3IN2O9S. The Morgan fingerprint density at radius 1 is 0.972 bits per heavy atom. The van der Waals surface area contributed by atoms with Gasteiger partial charge in [-0.15, -0.1) is 0 Å². The molecule has 0 aliphatic rings. The molecule has 0 spiro atoms. The van der Waals surface area contributed by atoms with E-state index in [9.17, 15) is 41.5 Å². The summed E-state index contributed by atoms with van der Waals surface area (Å²) in [5, 5.41) is 0. The average Bonchev–Trinajstić information content (AvgIpc) is 2.68. The summed E-state index contributed by atoms with van der Waals surface area (Å²) in [5.74, 6) is -3.68. The number of rotatable bonds is 8. The molecule has 0 saturated carbocycles. The molecule has 0 bridgehead atoms. The number of hydrogen-bond donors (Lipinski definition) is 0. The number of nitrogens with zero attached hydrogens (tertiary/aromatic N) is 2. The summed E-state index contributed by atoms with van der Waals surface area (Å²) in [7, 11) is -6.32. The quantitative estimate of drug-likeness (QED) is 0.0778. The number of ether oxygens (including phenoxy) is 3. The van der Waals surface area contributed by atoms with Crippen molar-refractivity contribution < 1.29 is 57.5 Å². The number of carbonyl (C=O) groups excluding carboxylic acids is 3. The molecule has 0 fully saturated rings. The minimum absolute atomic E-state index is 0.512. The second-order valence-electron chi connectivity index (χ2n) is 8.75. The summed E-state index contributed by atoms with van der Waals surface area (Å²) in [4.78, 5) is 39.7. The van der Waals surface area contributed by atoms with Crippen molar-refractivity contribution in [3.8, 4) is 0 Å². The third-order valence-corrected chi connectivity index (χ3v) is 10.2. The molecule has 1 aromatic carbocycles. The number of hydrogen-bond acceptors (Lipinski definition) is 9. The van der Waals surface area contributed by atoms with Crippen LogP contribution in [0, 0.1) is 3.57 Å². The third-order valence-electron chi connectivity index (χ3n) is 3.27. The van der Waals surface area contributed by atoms with Gasteiger partial charge in [-0.3, -0.25) is 0 Å². The van der Waals surface area contributed by atoms with Crippen LogP contribution in [0.3, 0.4) is 0 Å². The number of alkyl halides is 3. The molecule has 0 aliphatic carbocycles. The third kappa shape index (κ3) is 9.48. The Bertz CT molecular complexity index is 1170. The first-order valence-electron chi connectivity index (χ1n) is 9.83. The number of carbonyl (C=O) groups is 3. The summed E-state index contributed by atoms with van der Waals surface area (Å²) >= 11 is -4.70. The van der Waals surface area contributed by atoms with E-state index in [0.29, 0.717) is 0 Å². The van der Waals surface area contributed by atoms with Crippen molar-refractivity contribution in [2.75, 3.05) is 6.61 Å². The van der Waals surface area contributed by atoms with E-state index in [2.05, 4.69) is 7.30 Å². The van der Waals surface area contributed by atoms with E-state index in [0.717, 1.165) is 12.1 Å². The molecule has 0 heterocycles. The van der Waals surface area contributed by atoms with Crippen LogP contribution < -0.4 is 0 Å². The average molecular weight is 652 g/mol. The van der Waals surface area contributed by atoms with Gasteiger partial charge in [0, 0.05) is 0 Å². The molecule has 1 aromatic rings. The molecule has 0 N–H and O–H groups in total. The molecule has 0 saturated heterocycles. The Balaban J connectivity index is 3.53. The van der Waals surface area contributed by atoms with Crippen molar-refractivity contribution in [1.29, 1.82) is 0 Å². The van der Waals surface area contributed by atoms with Crippen LogP contribution >= 0.6 is 20.2 Å². The molecule has 202 valence electrons. The van der Waals surface area contributed by atoms with Crippen LogP contribution in [0.4, 0.5) is 13.2 Å². The fourth-order valence-electron chi connectivity index (χ4n) is 2.09. The second-order valence-corrected chi connectivity index (χ2v) is 14.9. The van der Waals surface area contributed by atoms with E-state index in [1.54, 1.807) is 20.8 Å². The fraction of sp³-hybridized carbons (Fsp3) is 0.500. The van der Waals surface area contributed by atoms with Gasteiger partial charge in [-0.1, -0.05) is 0 Å². The first kappa shape index (κ1) is 31.5. The summed E-state index contributed by atoms with van der Waals surface area (Å²) in [6.45, 7) is 7.99. The molecule has 36 heavy (non-hydrogen) atoms. The molecule has 1 rings (SSSR count). The van der Waals surface area contributed by atoms with E-state index < -0.39 is 84.4 Å². The summed E-state index contributed by atoms with van der Waals surface area (Å²) in [6, 6.07) is 4.49. The molecule has 0 unspecified atom stereocenters. The van der Waals surface area contributed by atoms with Crippen LogP contribution in [0.15, 0.2) is 24.3 Å². The van der Waals surface area contributed by atoms with Gasteiger partial charge in [-0.05, 0) is 0 Å². The maximum atomic E-state index is 13.1. The van der Waals surface area contributed by atoms with Crippen LogP contribution in [0.2, 0.25) is 0 Å². The van der Waals surface area contributed by atoms with E-state index in [1.807, 2.05) is 0 Å². The Hall–Kier alpha value is -2.56. The SMILES string of the molecule is CC(C)(C)OC(=O)COC(=O)c1ccccc1I(OS(=O)(=O)C(F)(F)F)C(=[N+]=[N-])C(=O)OC(C)(C)C. The molecule has 0 aromatic heterocycles. The van der Waals surface area contributed by atoms with E-state index in [1.165, 1.54) is 32.9 Å². The zero-order valence-electron chi connectivity index (χ0n) is 20.0. The van der Waals surface area contributed by atoms with Crippen LogP contribution in [-0.2, 0) is 36.4 Å². The summed E-state index contributed by atoms with van der Waals surface area (Å²) < 4.78 is 80.5. The van der Waals surface area contributed by atoms with Crippen molar-refractivity contribution in [2.24, 2.45) is 0 Å². The monoisotopic (exact) mass is 652 g/mol. The van der Waals surface area contributed by atoms with Crippen molar-refractivity contribution >= 4 is 52.0 Å². The van der Waals surface area contributed by atoms with Crippen molar-refractivity contribution in [2.45, 2.75) is 58.3 Å². The van der Waals surface area contributed by atoms with Gasteiger partial charge in [0.15, 0.2) is 0 Å². The van der Waals surface area contributed by atoms with Crippen LogP contribution in [-0.4, -0.2) is 58.2 Å². The second kappa shape index (κ2) is 11.7. The summed E-state index contributed by atoms with van der Waals surface area (Å²) in [6.07, 6.45) is 0. The first-order chi connectivity index (χ1) is 16.2. The van der Waals surface area contributed by atoms with Gasteiger partial charge in [0.25, 0.3) is 0 Å². The fourth-order valence-corrected chi connectivity index (χ4v) is 8.30. The van der Waals surface area contributed by atoms with Gasteiger partial charge in [0.2, 0.25) is 0 Å². The van der Waals surface area contributed by atoms with Crippen LogP contribution in [0.1, 0.15) is 51.9 Å². The molecule has 11 nitrogen and oxygen atoms in total. The molecule has 0 aliphatic heterocycles. The topological polar surface area (TPSA) is 159 Å².